The first kappa shape index (κ1) is 11.6. The molecule has 2 rings (SSSR count). The van der Waals surface area contributed by atoms with Gasteiger partial charge in [-0.1, -0.05) is 12.1 Å². The predicted octanol–water partition coefficient (Wildman–Crippen LogP) is 0.627. The second-order valence-electron chi connectivity index (χ2n) is 3.82. The van der Waals surface area contributed by atoms with E-state index < -0.39 is 12.2 Å². The normalized spacial score (nSPS) is 24.8. The van der Waals surface area contributed by atoms with E-state index in [9.17, 15) is 15.0 Å². The van der Waals surface area contributed by atoms with Gasteiger partial charge in [-0.15, -0.1) is 0 Å². The Balaban J connectivity index is 2.18. The molecule has 0 bridgehead atoms. The summed E-state index contributed by atoms with van der Waals surface area (Å²) in [6.45, 7) is 0.364. The molecule has 4 nitrogen and oxygen atoms in total. The molecule has 1 aliphatic heterocycles. The van der Waals surface area contributed by atoms with Gasteiger partial charge in [0.2, 0.25) is 0 Å². The van der Waals surface area contributed by atoms with E-state index >= 15 is 0 Å². The minimum Gasteiger partial charge on any atom is -0.388 e. The molecule has 86 valence electrons. The van der Waals surface area contributed by atoms with Crippen molar-refractivity contribution < 1.29 is 15.0 Å². The van der Waals surface area contributed by atoms with Crippen molar-refractivity contribution in [2.45, 2.75) is 12.2 Å². The third-order valence-corrected chi connectivity index (χ3v) is 3.34. The van der Waals surface area contributed by atoms with Gasteiger partial charge in [0.25, 0.3) is 5.91 Å². The lowest BCUT2D eigenvalue weighted by molar-refractivity contribution is 0.0572. The van der Waals surface area contributed by atoms with Crippen LogP contribution in [-0.4, -0.2) is 46.3 Å². The van der Waals surface area contributed by atoms with Gasteiger partial charge in [0, 0.05) is 17.6 Å². The standard InChI is InChI=1S/C11H12BrNO3/c12-8-4-2-1-3-7(8)11(16)13-5-9(14)10(15)6-13/h1-4,9-10,14-15H,5-6H2. The molecule has 2 atom stereocenters. The van der Waals surface area contributed by atoms with Gasteiger partial charge in [0.1, 0.15) is 0 Å². The monoisotopic (exact) mass is 285 g/mol. The maximum absolute atomic E-state index is 12.0. The van der Waals surface area contributed by atoms with Gasteiger partial charge in [-0.25, -0.2) is 0 Å². The highest BCUT2D eigenvalue weighted by molar-refractivity contribution is 9.10. The second kappa shape index (κ2) is 4.53. The summed E-state index contributed by atoms with van der Waals surface area (Å²) < 4.78 is 0.718. The zero-order valence-electron chi connectivity index (χ0n) is 8.51. The number of nitrogens with zero attached hydrogens (tertiary/aromatic N) is 1. The Morgan fingerprint density at radius 2 is 1.81 bits per heavy atom. The van der Waals surface area contributed by atoms with Crippen molar-refractivity contribution in [1.82, 2.24) is 4.90 Å². The van der Waals surface area contributed by atoms with Crippen molar-refractivity contribution in [3.63, 3.8) is 0 Å². The van der Waals surface area contributed by atoms with Crippen LogP contribution < -0.4 is 0 Å². The number of carbonyl (C=O) groups is 1. The Hall–Kier alpha value is -0.910. The number of halogens is 1. The molecule has 2 unspecified atom stereocenters. The highest BCUT2D eigenvalue weighted by Crippen LogP contribution is 2.20. The molecule has 1 amide bonds. The van der Waals surface area contributed by atoms with E-state index in [1.807, 2.05) is 6.07 Å². The lowest BCUT2D eigenvalue weighted by atomic mass is 10.2. The molecule has 0 spiro atoms. The van der Waals surface area contributed by atoms with Crippen LogP contribution in [-0.2, 0) is 0 Å². The summed E-state index contributed by atoms with van der Waals surface area (Å²) in [6, 6.07) is 7.11. The van der Waals surface area contributed by atoms with E-state index in [1.54, 1.807) is 18.2 Å². The Kier molecular flexibility index (Phi) is 3.28. The molecular weight excluding hydrogens is 274 g/mol. The molecule has 1 aromatic rings. The van der Waals surface area contributed by atoms with Crippen LogP contribution in [0.1, 0.15) is 10.4 Å². The van der Waals surface area contributed by atoms with E-state index in [0.717, 1.165) is 4.47 Å². The number of hydrogen-bond donors (Lipinski definition) is 2. The van der Waals surface area contributed by atoms with Gasteiger partial charge in [-0.3, -0.25) is 4.79 Å². The summed E-state index contributed by atoms with van der Waals surface area (Å²) >= 11 is 3.30. The van der Waals surface area contributed by atoms with Crippen LogP contribution in [0.4, 0.5) is 0 Å². The first-order valence-corrected chi connectivity index (χ1v) is 5.79. The average molecular weight is 286 g/mol. The topological polar surface area (TPSA) is 60.8 Å². The lowest BCUT2D eigenvalue weighted by Crippen LogP contribution is -2.30. The predicted molar refractivity (Wildman–Crippen MR) is 62.1 cm³/mol. The Morgan fingerprint density at radius 3 is 2.38 bits per heavy atom. The lowest BCUT2D eigenvalue weighted by Gasteiger charge is -2.16. The summed E-state index contributed by atoms with van der Waals surface area (Å²) in [5, 5.41) is 18.8. The molecule has 1 aromatic carbocycles. The number of benzene rings is 1. The van der Waals surface area contributed by atoms with E-state index in [2.05, 4.69) is 15.9 Å². The second-order valence-corrected chi connectivity index (χ2v) is 4.68. The Bertz CT molecular complexity index is 400. The molecule has 0 aromatic heterocycles. The zero-order valence-corrected chi connectivity index (χ0v) is 10.1. The van der Waals surface area contributed by atoms with E-state index in [4.69, 9.17) is 0 Å². The van der Waals surface area contributed by atoms with Gasteiger partial charge < -0.3 is 15.1 Å². The number of carbonyl (C=O) groups excluding carboxylic acids is 1. The fourth-order valence-corrected chi connectivity index (χ4v) is 2.19. The van der Waals surface area contributed by atoms with Crippen LogP contribution in [0.2, 0.25) is 0 Å². The molecular formula is C11H12BrNO3. The van der Waals surface area contributed by atoms with Crippen molar-refractivity contribution in [2.75, 3.05) is 13.1 Å². The van der Waals surface area contributed by atoms with Crippen LogP contribution in [0.3, 0.4) is 0 Å². The highest BCUT2D eigenvalue weighted by Gasteiger charge is 2.33. The molecule has 16 heavy (non-hydrogen) atoms. The molecule has 0 aliphatic carbocycles. The van der Waals surface area contributed by atoms with E-state index in [1.165, 1.54) is 4.90 Å². The minimum absolute atomic E-state index is 0.178. The maximum atomic E-state index is 12.0. The molecule has 2 N–H and O–H groups in total. The van der Waals surface area contributed by atoms with Crippen LogP contribution in [0.15, 0.2) is 28.7 Å². The summed E-state index contributed by atoms with van der Waals surface area (Å²) in [4.78, 5) is 13.5. The highest BCUT2D eigenvalue weighted by atomic mass is 79.9. The Morgan fingerprint density at radius 1 is 1.25 bits per heavy atom. The van der Waals surface area contributed by atoms with Crippen LogP contribution in [0.5, 0.6) is 0 Å². The summed E-state index contributed by atoms with van der Waals surface area (Å²) in [6.07, 6.45) is -1.68. The van der Waals surface area contributed by atoms with Crippen molar-refractivity contribution >= 4 is 21.8 Å². The largest absolute Gasteiger partial charge is 0.388 e. The average Bonchev–Trinajstić information content (AvgIpc) is 2.59. The van der Waals surface area contributed by atoms with Gasteiger partial charge in [-0.2, -0.15) is 0 Å². The molecule has 0 saturated carbocycles. The molecule has 5 heteroatoms. The van der Waals surface area contributed by atoms with Crippen LogP contribution in [0.25, 0.3) is 0 Å². The van der Waals surface area contributed by atoms with Gasteiger partial charge in [0.05, 0.1) is 17.8 Å². The number of likely N-dealkylation sites (tertiary alicyclic amines) is 1. The van der Waals surface area contributed by atoms with Gasteiger partial charge in [0.15, 0.2) is 0 Å². The first-order valence-electron chi connectivity index (χ1n) is 4.99. The number of aliphatic hydroxyl groups excluding tert-OH is 2. The molecule has 1 fully saturated rings. The van der Waals surface area contributed by atoms with Crippen molar-refractivity contribution in [2.24, 2.45) is 0 Å². The van der Waals surface area contributed by atoms with Gasteiger partial charge in [-0.05, 0) is 28.1 Å². The van der Waals surface area contributed by atoms with Crippen molar-refractivity contribution in [1.29, 1.82) is 0 Å². The van der Waals surface area contributed by atoms with E-state index in [0.29, 0.717) is 5.56 Å². The third kappa shape index (κ3) is 2.11. The smallest absolute Gasteiger partial charge is 0.255 e. The number of β-amino-alcohol motifs (C(OH)–C–C–N with tert-alkyl or cyclic N) is 2. The molecule has 1 heterocycles. The van der Waals surface area contributed by atoms with Gasteiger partial charge >= 0.3 is 0 Å². The number of hydrogen-bond acceptors (Lipinski definition) is 3. The van der Waals surface area contributed by atoms with Crippen LogP contribution >= 0.6 is 15.9 Å². The number of rotatable bonds is 1. The van der Waals surface area contributed by atoms with Crippen molar-refractivity contribution in [3.05, 3.63) is 34.3 Å². The SMILES string of the molecule is O=C(c1ccccc1Br)N1CC(O)C(O)C1. The minimum atomic E-state index is -0.841. The quantitative estimate of drug-likeness (QED) is 0.796. The molecule has 0 radical (unpaired) electrons. The fraction of sp³-hybridized carbons (Fsp3) is 0.364. The molecule has 1 aliphatic rings. The Labute approximate surface area is 102 Å². The maximum Gasteiger partial charge on any atom is 0.255 e. The summed E-state index contributed by atoms with van der Waals surface area (Å²) in [5.74, 6) is -0.178. The van der Waals surface area contributed by atoms with Crippen molar-refractivity contribution in [3.8, 4) is 0 Å². The van der Waals surface area contributed by atoms with Crippen LogP contribution in [0, 0.1) is 0 Å². The summed E-state index contributed by atoms with van der Waals surface area (Å²) in [5.41, 5.74) is 0.545. The number of aliphatic hydroxyl groups is 2. The number of amides is 1. The third-order valence-electron chi connectivity index (χ3n) is 2.65. The summed E-state index contributed by atoms with van der Waals surface area (Å²) in [7, 11) is 0. The first-order chi connectivity index (χ1) is 7.59. The molecule has 1 saturated heterocycles. The fourth-order valence-electron chi connectivity index (χ4n) is 1.74. The zero-order chi connectivity index (χ0) is 11.7. The van der Waals surface area contributed by atoms with E-state index in [-0.39, 0.29) is 19.0 Å².